The average Bonchev–Trinajstić information content (AvgIpc) is 2.02. The smallest absolute Gasteiger partial charge is 0.0541 e. The lowest BCUT2D eigenvalue weighted by Gasteiger charge is -2.32. The molecule has 0 radical (unpaired) electrons. The summed E-state index contributed by atoms with van der Waals surface area (Å²) in [6.45, 7) is 16.6. The van der Waals surface area contributed by atoms with Gasteiger partial charge >= 0.3 is 0 Å². The van der Waals surface area contributed by atoms with Gasteiger partial charge in [0, 0.05) is 65.8 Å². The van der Waals surface area contributed by atoms with Gasteiger partial charge in [-0.05, 0) is 183 Å². The molecule has 426 valence electrons. The number of fused-ring (bicyclic) bond motifs is 12. The fourth-order valence-electron chi connectivity index (χ4n) is 14.5. The predicted molar refractivity (Wildman–Crippen MR) is 375 cm³/mol. The maximum Gasteiger partial charge on any atom is 0.0541 e. The Morgan fingerprint density at radius 2 is 0.455 bits per heavy atom. The molecular formula is C84H70N4. The highest BCUT2D eigenvalue weighted by molar-refractivity contribution is 6.13. The first kappa shape index (κ1) is 53.3. The molecule has 0 aliphatic carbocycles. The minimum Gasteiger partial charge on any atom is -0.309 e. The average molecular weight is 1140 g/mol. The Kier molecular flexibility index (Phi) is 12.3. The van der Waals surface area contributed by atoms with Crippen LogP contribution in [0, 0.1) is 0 Å². The Morgan fingerprint density at radius 3 is 0.739 bits per heavy atom. The molecule has 0 spiro atoms. The minimum absolute atomic E-state index is 0.0603. The van der Waals surface area contributed by atoms with Crippen LogP contribution in [0.4, 0.5) is 0 Å². The van der Waals surface area contributed by atoms with Crippen LogP contribution in [0.5, 0.6) is 0 Å². The van der Waals surface area contributed by atoms with Crippen molar-refractivity contribution in [3.63, 3.8) is 0 Å². The third-order valence-corrected chi connectivity index (χ3v) is 19.5. The van der Waals surface area contributed by atoms with Gasteiger partial charge in [-0.1, -0.05) is 206 Å². The summed E-state index contributed by atoms with van der Waals surface area (Å²) in [6, 6.07) is 102. The number of hydrogen-bond donors (Lipinski definition) is 0. The highest BCUT2D eigenvalue weighted by Crippen LogP contribution is 2.44. The molecule has 4 aromatic heterocycles. The molecule has 4 heterocycles. The van der Waals surface area contributed by atoms with E-state index in [2.05, 4.69) is 340 Å². The molecule has 16 rings (SSSR count). The molecule has 0 atom stereocenters. The molecule has 0 aliphatic rings. The lowest BCUT2D eigenvalue weighted by Crippen LogP contribution is -2.24. The Hall–Kier alpha value is -10.2. The summed E-state index contributed by atoms with van der Waals surface area (Å²) in [6.07, 6.45) is 2.06. The summed E-state index contributed by atoms with van der Waals surface area (Å²) in [7, 11) is 0. The molecular weight excluding hydrogens is 1060 g/mol. The Balaban J connectivity index is 0.686. The number of aromatic nitrogens is 4. The van der Waals surface area contributed by atoms with E-state index in [1.165, 1.54) is 126 Å². The van der Waals surface area contributed by atoms with Gasteiger partial charge in [-0.25, -0.2) is 0 Å². The summed E-state index contributed by atoms with van der Waals surface area (Å²) < 4.78 is 9.77. The second kappa shape index (κ2) is 20.2. The maximum absolute atomic E-state index is 2.49. The Morgan fingerprint density at radius 1 is 0.216 bits per heavy atom. The van der Waals surface area contributed by atoms with Gasteiger partial charge in [0.25, 0.3) is 0 Å². The van der Waals surface area contributed by atoms with E-state index < -0.39 is 0 Å². The normalized spacial score (nSPS) is 12.6. The van der Waals surface area contributed by atoms with Crippen LogP contribution < -0.4 is 0 Å². The Bertz CT molecular complexity index is 5400. The molecule has 0 aliphatic heterocycles. The number of nitrogens with zero attached hydrogens (tertiary/aromatic N) is 4. The predicted octanol–water partition coefficient (Wildman–Crippen LogP) is 22.7. The number of benzene rings is 12. The monoisotopic (exact) mass is 1130 g/mol. The van der Waals surface area contributed by atoms with Gasteiger partial charge in [0.1, 0.15) is 0 Å². The number of rotatable bonds is 11. The minimum atomic E-state index is -0.0844. The zero-order chi connectivity index (χ0) is 59.6. The van der Waals surface area contributed by atoms with E-state index in [9.17, 15) is 0 Å². The molecule has 4 heteroatoms. The topological polar surface area (TPSA) is 19.7 Å². The van der Waals surface area contributed by atoms with Gasteiger partial charge < -0.3 is 18.3 Å². The zero-order valence-corrected chi connectivity index (χ0v) is 51.2. The van der Waals surface area contributed by atoms with Crippen molar-refractivity contribution >= 4 is 87.2 Å². The fraction of sp³-hybridized carbons (Fsp3) is 0.143. The molecule has 0 saturated heterocycles. The van der Waals surface area contributed by atoms with Crippen LogP contribution in [0.15, 0.2) is 273 Å². The van der Waals surface area contributed by atoms with Gasteiger partial charge in [-0.2, -0.15) is 0 Å². The molecule has 16 aromatic rings. The van der Waals surface area contributed by atoms with Crippen molar-refractivity contribution in [3.8, 4) is 45.0 Å². The van der Waals surface area contributed by atoms with Crippen molar-refractivity contribution in [3.05, 3.63) is 290 Å². The SMILES string of the molecule is CC(C)(C)c1ccc2c(c1)c1ccccc1n2-c1cccc(-c2cccc(-n3c4ccccc4c4cc(C(C)(C)CCC(C)(C)c5ccc6c(c5)c5ccccc5n6-c5cccc(-c6cccc(-n7c8ccccc8c8ccccc87)c6)c5)ccc43)c2)c1. The van der Waals surface area contributed by atoms with Crippen molar-refractivity contribution in [2.45, 2.75) is 77.6 Å². The molecule has 0 N–H and O–H groups in total. The van der Waals surface area contributed by atoms with Crippen molar-refractivity contribution in [1.29, 1.82) is 0 Å². The molecule has 0 fully saturated rings. The summed E-state index contributed by atoms with van der Waals surface area (Å²) in [5.74, 6) is 0. The van der Waals surface area contributed by atoms with E-state index in [1.807, 2.05) is 0 Å². The second-order valence-electron chi connectivity index (χ2n) is 26.8. The van der Waals surface area contributed by atoms with Crippen molar-refractivity contribution in [1.82, 2.24) is 18.3 Å². The second-order valence-corrected chi connectivity index (χ2v) is 26.8. The van der Waals surface area contributed by atoms with Crippen molar-refractivity contribution in [2.75, 3.05) is 0 Å². The van der Waals surface area contributed by atoms with Crippen LogP contribution in [0.1, 0.15) is 78.0 Å². The lowest BCUT2D eigenvalue weighted by molar-refractivity contribution is 0.375. The summed E-state index contributed by atoms with van der Waals surface area (Å²) >= 11 is 0. The van der Waals surface area contributed by atoms with Crippen LogP contribution in [0.2, 0.25) is 0 Å². The van der Waals surface area contributed by atoms with Crippen LogP contribution in [-0.2, 0) is 16.2 Å². The van der Waals surface area contributed by atoms with Gasteiger partial charge in [-0.3, -0.25) is 0 Å². The lowest BCUT2D eigenvalue weighted by atomic mass is 9.72. The molecule has 0 amide bonds. The third-order valence-electron chi connectivity index (χ3n) is 19.5. The fourth-order valence-corrected chi connectivity index (χ4v) is 14.5. The van der Waals surface area contributed by atoms with Gasteiger partial charge in [0.05, 0.1) is 44.1 Å². The first-order chi connectivity index (χ1) is 42.8. The molecule has 0 saturated carbocycles. The van der Waals surface area contributed by atoms with E-state index in [-0.39, 0.29) is 16.2 Å². The highest BCUT2D eigenvalue weighted by atomic mass is 15.0. The van der Waals surface area contributed by atoms with E-state index in [4.69, 9.17) is 0 Å². The van der Waals surface area contributed by atoms with Crippen molar-refractivity contribution < 1.29 is 0 Å². The summed E-state index contributed by atoms with van der Waals surface area (Å²) in [4.78, 5) is 0. The molecule has 0 bridgehead atoms. The van der Waals surface area contributed by atoms with Crippen LogP contribution >= 0.6 is 0 Å². The third kappa shape index (κ3) is 8.71. The summed E-state index contributed by atoms with van der Waals surface area (Å²) in [5, 5.41) is 10.2. The number of para-hydroxylation sites is 5. The van der Waals surface area contributed by atoms with E-state index >= 15 is 0 Å². The Labute approximate surface area is 514 Å². The first-order valence-corrected chi connectivity index (χ1v) is 31.3. The molecule has 12 aromatic carbocycles. The van der Waals surface area contributed by atoms with Crippen molar-refractivity contribution in [2.24, 2.45) is 0 Å². The summed E-state index contributed by atoms with van der Waals surface area (Å²) in [5.41, 5.74) is 23.1. The van der Waals surface area contributed by atoms with Crippen LogP contribution in [-0.4, -0.2) is 18.3 Å². The van der Waals surface area contributed by atoms with Gasteiger partial charge in [-0.15, -0.1) is 0 Å². The van der Waals surface area contributed by atoms with E-state index in [0.717, 1.165) is 35.6 Å². The van der Waals surface area contributed by atoms with E-state index in [1.54, 1.807) is 0 Å². The standard InChI is InChI=1S/C84H70N4/c1-82(2,3)59-40-43-79-71(52-59)68-32-10-15-37-76(68)86(79)63-27-19-24-57(49-63)58-25-21-29-65(51-58)88-78-39-17-12-34-70(78)73-54-61(42-45-81(73)88)84(6,7)47-46-83(4,5)60-41-44-80-72(53-60)69-33-11-16-38-77(69)87(80)64-28-20-23-56(50-64)55-22-18-26-62(48-55)85-74-35-13-8-30-66(74)67-31-9-14-36-75(67)85/h8-45,48-54H,46-47H2,1-7H3. The quantitative estimate of drug-likeness (QED) is 0.123. The number of hydrogen-bond acceptors (Lipinski definition) is 0. The largest absolute Gasteiger partial charge is 0.309 e. The molecule has 0 unspecified atom stereocenters. The van der Waals surface area contributed by atoms with Crippen LogP contribution in [0.25, 0.3) is 132 Å². The highest BCUT2D eigenvalue weighted by Gasteiger charge is 2.30. The van der Waals surface area contributed by atoms with Gasteiger partial charge in [0.2, 0.25) is 0 Å². The van der Waals surface area contributed by atoms with E-state index in [0.29, 0.717) is 0 Å². The molecule has 88 heavy (non-hydrogen) atoms. The van der Waals surface area contributed by atoms with Crippen LogP contribution in [0.3, 0.4) is 0 Å². The zero-order valence-electron chi connectivity index (χ0n) is 51.2. The molecule has 4 nitrogen and oxygen atoms in total. The van der Waals surface area contributed by atoms with Gasteiger partial charge in [0.15, 0.2) is 0 Å². The first-order valence-electron chi connectivity index (χ1n) is 31.3. The maximum atomic E-state index is 2.49.